The van der Waals surface area contributed by atoms with Gasteiger partial charge in [0.05, 0.1) is 6.54 Å². The molecule has 1 unspecified atom stereocenters. The summed E-state index contributed by atoms with van der Waals surface area (Å²) in [5.41, 5.74) is 1.95. The predicted octanol–water partition coefficient (Wildman–Crippen LogP) is 2.41. The van der Waals surface area contributed by atoms with E-state index in [0.717, 1.165) is 21.9 Å². The van der Waals surface area contributed by atoms with Crippen LogP contribution < -0.4 is 9.64 Å². The Labute approximate surface area is 184 Å². The highest BCUT2D eigenvalue weighted by Crippen LogP contribution is 2.28. The third kappa shape index (κ3) is 3.23. The second-order valence-electron chi connectivity index (χ2n) is 7.67. The van der Waals surface area contributed by atoms with Gasteiger partial charge >= 0.3 is 12.0 Å². The van der Waals surface area contributed by atoms with Gasteiger partial charge < -0.3 is 4.74 Å². The molecule has 0 N–H and O–H groups in total. The molecule has 2 aromatic carbocycles. The first-order chi connectivity index (χ1) is 14.9. The van der Waals surface area contributed by atoms with Crippen LogP contribution in [0.5, 0.6) is 5.75 Å². The van der Waals surface area contributed by atoms with Gasteiger partial charge in [0.25, 0.3) is 5.91 Å². The Hall–Kier alpha value is -3.39. The monoisotopic (exact) mass is 438 g/mol. The molecule has 3 heterocycles. The maximum absolute atomic E-state index is 12.7. The number of rotatable bonds is 4. The fourth-order valence-corrected chi connectivity index (χ4v) is 4.31. The summed E-state index contributed by atoms with van der Waals surface area (Å²) in [6.07, 6.45) is 0. The second-order valence-corrected chi connectivity index (χ2v) is 8.11. The van der Waals surface area contributed by atoms with Crippen molar-refractivity contribution in [2.75, 3.05) is 32.1 Å². The van der Waals surface area contributed by atoms with E-state index in [-0.39, 0.29) is 11.9 Å². The lowest BCUT2D eigenvalue weighted by atomic mass is 10.1. The Morgan fingerprint density at radius 3 is 2.65 bits per heavy atom. The number of carbonyl (C=O) groups is 2. The van der Waals surface area contributed by atoms with Gasteiger partial charge in [-0.2, -0.15) is 0 Å². The first kappa shape index (κ1) is 19.6. The van der Waals surface area contributed by atoms with Crippen molar-refractivity contribution in [3.8, 4) is 5.75 Å². The molecule has 2 aromatic rings. The molecule has 0 saturated carbocycles. The summed E-state index contributed by atoms with van der Waals surface area (Å²) in [6, 6.07) is 14.4. The molecule has 31 heavy (non-hydrogen) atoms. The van der Waals surface area contributed by atoms with E-state index in [1.165, 1.54) is 11.9 Å². The van der Waals surface area contributed by atoms with Crippen LogP contribution in [-0.2, 0) is 11.4 Å². The molecule has 158 valence electrons. The van der Waals surface area contributed by atoms with Crippen molar-refractivity contribution in [2.24, 2.45) is 4.99 Å². The Morgan fingerprint density at radius 2 is 1.90 bits per heavy atom. The average molecular weight is 439 g/mol. The maximum Gasteiger partial charge on any atom is 0.397 e. The standard InChI is InChI=1S/C22H21ClN5O3/c1-25-19-18(20(29)26(2)22(25)30)28-11-10-27(21(28)24-19)16-6-8-17(9-7-16)31-13-14-4-3-5-15(23)12-14/h3-9,12,18H,10-11,13H2,1-2H3/q+1. The van der Waals surface area contributed by atoms with Crippen molar-refractivity contribution < 1.29 is 18.9 Å². The van der Waals surface area contributed by atoms with Crippen LogP contribution in [0.15, 0.2) is 53.5 Å². The summed E-state index contributed by atoms with van der Waals surface area (Å²) < 4.78 is 7.82. The minimum atomic E-state index is -0.548. The summed E-state index contributed by atoms with van der Waals surface area (Å²) in [5, 5.41) is 0.683. The highest BCUT2D eigenvalue weighted by molar-refractivity contribution is 6.30. The number of likely N-dealkylation sites (N-methyl/N-ethyl adjacent to an activating group) is 2. The quantitative estimate of drug-likeness (QED) is 0.687. The highest BCUT2D eigenvalue weighted by Gasteiger charge is 2.54. The number of amides is 3. The number of nitrogens with zero attached hydrogens (tertiary/aromatic N) is 5. The third-order valence-corrected chi connectivity index (χ3v) is 5.99. The van der Waals surface area contributed by atoms with E-state index in [0.29, 0.717) is 36.5 Å². The van der Waals surface area contributed by atoms with Crippen LogP contribution in [-0.4, -0.2) is 71.3 Å². The van der Waals surface area contributed by atoms with Crippen molar-refractivity contribution in [3.63, 3.8) is 0 Å². The fourth-order valence-electron chi connectivity index (χ4n) is 4.10. The van der Waals surface area contributed by atoms with Crippen LogP contribution in [0.4, 0.5) is 10.5 Å². The van der Waals surface area contributed by atoms with E-state index in [4.69, 9.17) is 16.3 Å². The lowest BCUT2D eigenvalue weighted by Crippen LogP contribution is -2.61. The highest BCUT2D eigenvalue weighted by atomic mass is 35.5. The molecule has 3 aliphatic rings. The van der Waals surface area contributed by atoms with Crippen LogP contribution in [0, 0.1) is 0 Å². The van der Waals surface area contributed by atoms with Crippen LogP contribution in [0.3, 0.4) is 0 Å². The van der Waals surface area contributed by atoms with E-state index in [9.17, 15) is 9.59 Å². The number of urea groups is 1. The number of fused-ring (bicyclic) bond motifs is 2. The SMILES string of the molecule is CN1C(=O)C2C(=NC3=[N+]2CCN3c2ccc(OCc3cccc(Cl)c3)cc2)N(C)C1=O. The Bertz CT molecular complexity index is 1140. The van der Waals surface area contributed by atoms with Gasteiger partial charge in [-0.1, -0.05) is 28.7 Å². The van der Waals surface area contributed by atoms with Crippen LogP contribution in [0.25, 0.3) is 0 Å². The number of hydrogen-bond donors (Lipinski definition) is 0. The molecule has 0 bridgehead atoms. The smallest absolute Gasteiger partial charge is 0.397 e. The van der Waals surface area contributed by atoms with Gasteiger partial charge in [0.15, 0.2) is 0 Å². The average Bonchev–Trinajstić information content (AvgIpc) is 3.35. The summed E-state index contributed by atoms with van der Waals surface area (Å²) in [6.45, 7) is 1.79. The number of ether oxygens (including phenoxy) is 1. The van der Waals surface area contributed by atoms with E-state index in [2.05, 4.69) is 9.89 Å². The van der Waals surface area contributed by atoms with Gasteiger partial charge in [0.1, 0.15) is 24.6 Å². The zero-order valence-corrected chi connectivity index (χ0v) is 17.9. The molecular weight excluding hydrogens is 418 g/mol. The van der Waals surface area contributed by atoms with Gasteiger partial charge in [-0.05, 0) is 42.0 Å². The van der Waals surface area contributed by atoms with Crippen LogP contribution >= 0.6 is 11.6 Å². The van der Waals surface area contributed by atoms with Gasteiger partial charge in [0.2, 0.25) is 11.9 Å². The number of amidine groups is 1. The molecular formula is C22H21ClN5O3+. The number of hydrogen-bond acceptors (Lipinski definition) is 5. The maximum atomic E-state index is 12.7. The van der Waals surface area contributed by atoms with Crippen molar-refractivity contribution in [1.29, 1.82) is 0 Å². The van der Waals surface area contributed by atoms with Gasteiger partial charge in [0, 0.05) is 19.1 Å². The molecule has 5 rings (SSSR count). The van der Waals surface area contributed by atoms with E-state index in [1.807, 2.05) is 53.1 Å². The number of anilines is 1. The lowest BCUT2D eigenvalue weighted by Gasteiger charge is -2.31. The normalized spacial score (nSPS) is 20.3. The molecule has 3 aliphatic heterocycles. The molecule has 1 saturated heterocycles. The van der Waals surface area contributed by atoms with Crippen molar-refractivity contribution in [3.05, 3.63) is 59.1 Å². The first-order valence-electron chi connectivity index (χ1n) is 9.96. The number of benzene rings is 2. The molecule has 1 atom stereocenters. The summed E-state index contributed by atoms with van der Waals surface area (Å²) in [4.78, 5) is 34.3. The fraction of sp³-hybridized carbons (Fsp3) is 0.273. The third-order valence-electron chi connectivity index (χ3n) is 5.76. The zero-order chi connectivity index (χ0) is 21.7. The van der Waals surface area contributed by atoms with E-state index in [1.54, 1.807) is 7.05 Å². The first-order valence-corrected chi connectivity index (χ1v) is 10.3. The topological polar surface area (TPSA) is 68.5 Å². The van der Waals surface area contributed by atoms with Gasteiger partial charge in [-0.25, -0.2) is 14.3 Å². The largest absolute Gasteiger partial charge is 0.489 e. The summed E-state index contributed by atoms with van der Waals surface area (Å²) in [5.74, 6) is 1.67. The molecule has 0 aromatic heterocycles. The number of guanidine groups is 1. The molecule has 8 nitrogen and oxygen atoms in total. The molecule has 0 radical (unpaired) electrons. The molecule has 0 spiro atoms. The number of imide groups is 1. The number of carbonyl (C=O) groups excluding carboxylic acids is 2. The molecule has 0 aliphatic carbocycles. The summed E-state index contributed by atoms with van der Waals surface area (Å²) in [7, 11) is 3.15. The second kappa shape index (κ2) is 7.39. The zero-order valence-electron chi connectivity index (χ0n) is 17.2. The number of aliphatic imine (C=N–C) groups is 1. The molecule has 9 heteroatoms. The molecule has 3 amide bonds. The van der Waals surface area contributed by atoms with Gasteiger partial charge in [-0.15, -0.1) is 0 Å². The predicted molar refractivity (Wildman–Crippen MR) is 117 cm³/mol. The Balaban J connectivity index is 1.34. The molecule has 1 fully saturated rings. The van der Waals surface area contributed by atoms with Gasteiger partial charge in [-0.3, -0.25) is 14.6 Å². The minimum absolute atomic E-state index is 0.247. The Kier molecular flexibility index (Phi) is 4.66. The summed E-state index contributed by atoms with van der Waals surface area (Å²) >= 11 is 6.02. The van der Waals surface area contributed by atoms with Crippen LogP contribution in [0.1, 0.15) is 5.56 Å². The van der Waals surface area contributed by atoms with Crippen molar-refractivity contribution in [1.82, 2.24) is 9.80 Å². The number of halogens is 1. The van der Waals surface area contributed by atoms with Crippen molar-refractivity contribution in [2.45, 2.75) is 12.6 Å². The van der Waals surface area contributed by atoms with E-state index >= 15 is 0 Å². The Morgan fingerprint density at radius 1 is 1.13 bits per heavy atom. The van der Waals surface area contributed by atoms with Crippen molar-refractivity contribution >= 4 is 41.0 Å². The minimum Gasteiger partial charge on any atom is -0.489 e. The van der Waals surface area contributed by atoms with Crippen LogP contribution in [0.2, 0.25) is 5.02 Å². The lowest BCUT2D eigenvalue weighted by molar-refractivity contribution is -0.525. The van der Waals surface area contributed by atoms with E-state index < -0.39 is 6.04 Å².